The molecule has 0 aliphatic carbocycles. The number of benzene rings is 2. The number of hydrogen-bond acceptors (Lipinski definition) is 3. The third-order valence-electron chi connectivity index (χ3n) is 4.58. The van der Waals surface area contributed by atoms with Gasteiger partial charge in [0, 0.05) is 23.5 Å². The second-order valence-corrected chi connectivity index (χ2v) is 6.09. The summed E-state index contributed by atoms with van der Waals surface area (Å²) in [6, 6.07) is 13.0. The maximum absolute atomic E-state index is 13.1. The van der Waals surface area contributed by atoms with Crippen LogP contribution in [0.15, 0.2) is 55.1 Å². The van der Waals surface area contributed by atoms with Crippen molar-refractivity contribution >= 4 is 23.2 Å². The van der Waals surface area contributed by atoms with Crippen LogP contribution in [0.1, 0.15) is 21.5 Å². The molecule has 2 heterocycles. The van der Waals surface area contributed by atoms with Crippen molar-refractivity contribution in [2.75, 3.05) is 17.2 Å². The zero-order valence-electron chi connectivity index (χ0n) is 13.3. The van der Waals surface area contributed by atoms with Gasteiger partial charge in [-0.15, -0.1) is 6.58 Å². The summed E-state index contributed by atoms with van der Waals surface area (Å²) in [6.07, 6.45) is 1.64. The molecule has 5 nitrogen and oxygen atoms in total. The lowest BCUT2D eigenvalue weighted by Crippen LogP contribution is -2.61. The number of rotatable bonds is 2. The highest BCUT2D eigenvalue weighted by molar-refractivity contribution is 6.14. The van der Waals surface area contributed by atoms with Crippen molar-refractivity contribution in [1.82, 2.24) is 4.90 Å². The van der Waals surface area contributed by atoms with Gasteiger partial charge in [0.1, 0.15) is 0 Å². The van der Waals surface area contributed by atoms with Crippen LogP contribution < -0.4 is 10.6 Å². The highest BCUT2D eigenvalue weighted by Gasteiger charge is 2.55. The van der Waals surface area contributed by atoms with Crippen LogP contribution >= 0.6 is 0 Å². The molecule has 120 valence electrons. The summed E-state index contributed by atoms with van der Waals surface area (Å²) >= 11 is 0. The number of amides is 2. The Kier molecular flexibility index (Phi) is 3.00. The van der Waals surface area contributed by atoms with Gasteiger partial charge in [-0.2, -0.15) is 0 Å². The van der Waals surface area contributed by atoms with Crippen LogP contribution in [0.5, 0.6) is 0 Å². The quantitative estimate of drug-likeness (QED) is 0.837. The first-order chi connectivity index (χ1) is 11.6. The van der Waals surface area contributed by atoms with Gasteiger partial charge < -0.3 is 10.6 Å². The van der Waals surface area contributed by atoms with Crippen molar-refractivity contribution in [1.29, 1.82) is 0 Å². The lowest BCUT2D eigenvalue weighted by atomic mass is 9.92. The van der Waals surface area contributed by atoms with Gasteiger partial charge in [-0.3, -0.25) is 14.5 Å². The van der Waals surface area contributed by atoms with Gasteiger partial charge in [0.2, 0.25) is 5.66 Å². The van der Waals surface area contributed by atoms with Crippen LogP contribution in [0.2, 0.25) is 0 Å². The Hall–Kier alpha value is -3.08. The van der Waals surface area contributed by atoms with E-state index in [-0.39, 0.29) is 18.4 Å². The summed E-state index contributed by atoms with van der Waals surface area (Å²) in [4.78, 5) is 27.6. The molecule has 0 fully saturated rings. The summed E-state index contributed by atoms with van der Waals surface area (Å²) in [7, 11) is 0. The van der Waals surface area contributed by atoms with E-state index in [9.17, 15) is 9.59 Å². The van der Waals surface area contributed by atoms with Crippen LogP contribution in [0.25, 0.3) is 0 Å². The number of carbonyl (C=O) groups is 2. The van der Waals surface area contributed by atoms with Crippen LogP contribution in [0.3, 0.4) is 0 Å². The van der Waals surface area contributed by atoms with Gasteiger partial charge in [0.15, 0.2) is 0 Å². The Balaban J connectivity index is 1.99. The third-order valence-corrected chi connectivity index (χ3v) is 4.58. The Bertz CT molecular complexity index is 890. The molecular weight excluding hydrogens is 302 g/mol. The Morgan fingerprint density at radius 2 is 1.96 bits per heavy atom. The molecule has 2 N–H and O–H groups in total. The summed E-state index contributed by atoms with van der Waals surface area (Å²) in [5.74, 6) is -0.443. The van der Waals surface area contributed by atoms with Gasteiger partial charge >= 0.3 is 0 Å². The van der Waals surface area contributed by atoms with Crippen molar-refractivity contribution < 1.29 is 9.59 Å². The van der Waals surface area contributed by atoms with E-state index in [1.807, 2.05) is 43.3 Å². The van der Waals surface area contributed by atoms with Gasteiger partial charge in [-0.25, -0.2) is 0 Å². The summed E-state index contributed by atoms with van der Waals surface area (Å²) in [5, 5.41) is 6.21. The molecule has 2 aliphatic rings. The van der Waals surface area contributed by atoms with E-state index in [0.717, 1.165) is 16.8 Å². The summed E-state index contributed by atoms with van der Waals surface area (Å²) in [6.45, 7) is 5.98. The smallest absolute Gasteiger partial charge is 0.276 e. The largest absolute Gasteiger partial charge is 0.350 e. The molecule has 2 aliphatic heterocycles. The van der Waals surface area contributed by atoms with E-state index >= 15 is 0 Å². The molecule has 2 amide bonds. The van der Waals surface area contributed by atoms with Crippen molar-refractivity contribution in [3.05, 3.63) is 71.8 Å². The molecule has 1 atom stereocenters. The monoisotopic (exact) mass is 319 g/mol. The van der Waals surface area contributed by atoms with Gasteiger partial charge in [-0.05, 0) is 31.2 Å². The second kappa shape index (κ2) is 4.96. The minimum Gasteiger partial charge on any atom is -0.350 e. The number of anilines is 2. The molecule has 4 rings (SSSR count). The molecule has 0 aromatic heterocycles. The lowest BCUT2D eigenvalue weighted by Gasteiger charge is -2.44. The minimum atomic E-state index is -1.25. The van der Waals surface area contributed by atoms with Gasteiger partial charge in [-0.1, -0.05) is 29.8 Å². The van der Waals surface area contributed by atoms with Crippen molar-refractivity contribution in [3.8, 4) is 0 Å². The third kappa shape index (κ3) is 1.75. The van der Waals surface area contributed by atoms with Gasteiger partial charge in [0.25, 0.3) is 11.8 Å². The van der Waals surface area contributed by atoms with E-state index in [2.05, 4.69) is 17.2 Å². The first-order valence-corrected chi connectivity index (χ1v) is 7.80. The molecular formula is C19H17N3O2. The fourth-order valence-corrected chi connectivity index (χ4v) is 3.48. The van der Waals surface area contributed by atoms with E-state index in [0.29, 0.717) is 11.3 Å². The highest BCUT2D eigenvalue weighted by Crippen LogP contribution is 2.45. The number of para-hydroxylation sites is 1. The average molecular weight is 319 g/mol. The van der Waals surface area contributed by atoms with Crippen molar-refractivity contribution in [2.24, 2.45) is 0 Å². The van der Waals surface area contributed by atoms with E-state index < -0.39 is 5.66 Å². The number of carbonyl (C=O) groups excluding carboxylic acids is 2. The molecule has 1 spiro atoms. The predicted octanol–water partition coefficient (Wildman–Crippen LogP) is 2.85. The molecule has 0 saturated heterocycles. The standard InChI is InChI=1S/C19H17N3O2/c1-3-10-22-17(23)13-6-4-5-7-15(13)21-19(22)14-11-12(2)8-9-16(14)20-18(19)24/h3-9,11,21H,1,10H2,2H3,(H,20,24). The fourth-order valence-electron chi connectivity index (χ4n) is 3.48. The SMILES string of the molecule is C=CCN1C(=O)c2ccccc2NC12C(=O)Nc1ccc(C)cc12. The topological polar surface area (TPSA) is 61.4 Å². The van der Waals surface area contributed by atoms with E-state index in [1.165, 1.54) is 0 Å². The fraction of sp³-hybridized carbons (Fsp3) is 0.158. The van der Waals surface area contributed by atoms with Crippen molar-refractivity contribution in [3.63, 3.8) is 0 Å². The Morgan fingerprint density at radius 3 is 2.75 bits per heavy atom. The number of fused-ring (bicyclic) bond motifs is 3. The zero-order valence-corrected chi connectivity index (χ0v) is 13.3. The highest BCUT2D eigenvalue weighted by atomic mass is 16.2. The minimum absolute atomic E-state index is 0.186. The molecule has 0 saturated carbocycles. The average Bonchev–Trinajstić information content (AvgIpc) is 2.84. The molecule has 24 heavy (non-hydrogen) atoms. The summed E-state index contributed by atoms with van der Waals surface area (Å²) < 4.78 is 0. The lowest BCUT2D eigenvalue weighted by molar-refractivity contribution is -0.124. The normalized spacial score (nSPS) is 21.1. The maximum atomic E-state index is 13.1. The van der Waals surface area contributed by atoms with Crippen LogP contribution in [0, 0.1) is 6.92 Å². The molecule has 2 aromatic rings. The molecule has 1 unspecified atom stereocenters. The molecule has 0 radical (unpaired) electrons. The number of nitrogens with zero attached hydrogens (tertiary/aromatic N) is 1. The summed E-state index contributed by atoms with van der Waals surface area (Å²) in [5.41, 5.74) is 2.47. The van der Waals surface area contributed by atoms with Crippen LogP contribution in [-0.4, -0.2) is 23.3 Å². The van der Waals surface area contributed by atoms with E-state index in [4.69, 9.17) is 0 Å². The molecule has 0 bridgehead atoms. The number of aryl methyl sites for hydroxylation is 1. The van der Waals surface area contributed by atoms with Crippen molar-refractivity contribution in [2.45, 2.75) is 12.6 Å². The van der Waals surface area contributed by atoms with Crippen LogP contribution in [0.4, 0.5) is 11.4 Å². The van der Waals surface area contributed by atoms with E-state index in [1.54, 1.807) is 17.0 Å². The number of hydrogen-bond donors (Lipinski definition) is 2. The molecule has 5 heteroatoms. The number of nitrogens with one attached hydrogen (secondary N) is 2. The second-order valence-electron chi connectivity index (χ2n) is 6.09. The first kappa shape index (κ1) is 14.5. The van der Waals surface area contributed by atoms with Gasteiger partial charge in [0.05, 0.1) is 5.56 Å². The Labute approximate surface area is 140 Å². The molecule has 2 aromatic carbocycles. The predicted molar refractivity (Wildman–Crippen MR) is 92.8 cm³/mol. The zero-order chi connectivity index (χ0) is 16.9. The van der Waals surface area contributed by atoms with Crippen LogP contribution in [-0.2, 0) is 10.5 Å². The maximum Gasteiger partial charge on any atom is 0.276 e. The first-order valence-electron chi connectivity index (χ1n) is 7.80. The Morgan fingerprint density at radius 1 is 1.17 bits per heavy atom.